The van der Waals surface area contributed by atoms with E-state index in [0.717, 1.165) is 52.9 Å². The van der Waals surface area contributed by atoms with E-state index in [2.05, 4.69) is 26.8 Å². The fourth-order valence-electron chi connectivity index (χ4n) is 5.89. The Balaban J connectivity index is 0.000000785. The number of anilines is 2. The fraction of sp³-hybridized carbons (Fsp3) is 0.471. The van der Waals surface area contributed by atoms with Crippen LogP contribution in [0.25, 0.3) is 11.0 Å². The lowest BCUT2D eigenvalue weighted by atomic mass is 10.1. The number of aliphatic carboxylic acids is 1. The Kier molecular flexibility index (Phi) is 13.5. The molecule has 4 heterocycles. The van der Waals surface area contributed by atoms with Crippen LogP contribution in [0.3, 0.4) is 0 Å². The van der Waals surface area contributed by atoms with Gasteiger partial charge in [0.25, 0.3) is 11.8 Å². The molecule has 52 heavy (non-hydrogen) atoms. The summed E-state index contributed by atoms with van der Waals surface area (Å²) in [4.78, 5) is 58.9. The number of hydrogen-bond donors (Lipinski definition) is 3. The molecule has 282 valence electrons. The van der Waals surface area contributed by atoms with Gasteiger partial charge in [-0.15, -0.1) is 0 Å². The summed E-state index contributed by atoms with van der Waals surface area (Å²) in [6.07, 6.45) is 2.59. The maximum Gasteiger partial charge on any atom is 0.490 e. The number of unbranched alkanes of at least 4 members (excludes halogenated alkanes) is 2. The highest BCUT2D eigenvalue weighted by Gasteiger charge is 2.38. The van der Waals surface area contributed by atoms with Crippen LogP contribution in [-0.2, 0) is 32.3 Å². The zero-order chi connectivity index (χ0) is 38.0. The number of rotatable bonds is 14. The van der Waals surface area contributed by atoms with E-state index < -0.39 is 36.7 Å². The number of imide groups is 1. The first-order chi connectivity index (χ1) is 24.7. The van der Waals surface area contributed by atoms with Crippen molar-refractivity contribution < 1.29 is 46.6 Å². The van der Waals surface area contributed by atoms with Gasteiger partial charge in [0.1, 0.15) is 17.9 Å². The van der Waals surface area contributed by atoms with Crippen LogP contribution < -0.4 is 15.8 Å². The molecule has 4 N–H and O–H groups in total. The number of nitrogens with zero attached hydrogens (tertiary/aromatic N) is 6. The quantitative estimate of drug-likeness (QED) is 0.125. The van der Waals surface area contributed by atoms with E-state index in [-0.39, 0.29) is 31.4 Å². The number of nitrogen functional groups attached to an aromatic ring is 1. The Morgan fingerprint density at radius 1 is 1.08 bits per heavy atom. The Morgan fingerprint density at radius 3 is 2.42 bits per heavy atom. The second kappa shape index (κ2) is 17.8. The number of hydrogen-bond acceptors (Lipinski definition) is 10. The Morgan fingerprint density at radius 2 is 1.79 bits per heavy atom. The fourth-order valence-corrected chi connectivity index (χ4v) is 5.89. The Bertz CT molecular complexity index is 1760. The van der Waals surface area contributed by atoms with Gasteiger partial charge < -0.3 is 30.4 Å². The van der Waals surface area contributed by atoms with Gasteiger partial charge in [-0.3, -0.25) is 24.2 Å². The van der Waals surface area contributed by atoms with Crippen molar-refractivity contribution in [2.75, 3.05) is 57.6 Å². The number of piperazine rings is 1. The molecule has 1 saturated heterocycles. The molecule has 0 radical (unpaired) electrons. The highest BCUT2D eigenvalue weighted by Crippen LogP contribution is 2.28. The first-order valence-electron chi connectivity index (χ1n) is 16.7. The van der Waals surface area contributed by atoms with Crippen molar-refractivity contribution in [2.24, 2.45) is 0 Å². The van der Waals surface area contributed by atoms with E-state index in [4.69, 9.17) is 20.4 Å². The van der Waals surface area contributed by atoms with Crippen LogP contribution in [0.1, 0.15) is 43.7 Å². The SMILES string of the molecule is CCCCCNc1nc(N)nc2ccn(Cc3ccc(CN4CCN(C(=O)CCN5C(=O)C=CC5=O)C[C@H]4CF)cc3OC)c12.O=C(O)C(F)(F)F. The van der Waals surface area contributed by atoms with Crippen LogP contribution in [0, 0.1) is 0 Å². The standard InChI is InChI=1S/C32H41FN8O4.C2HF3O2/c1-3-4-5-12-35-31-30-25(36-32(34)37-31)10-13-40(30)20-23-7-6-22(17-26(23)45-2)19-38-15-16-39(21-24(38)18-33)27(42)11-14-41-28(43)8-9-29(41)44;3-2(4,5)1(6)7/h6-10,13,17,24H,3-5,11-12,14-16,18-21H2,1-2H3,(H3,34,35,36,37);(H,6,7)/t24-;/m1./s1. The topological polar surface area (TPSA) is 176 Å². The maximum absolute atomic E-state index is 14.2. The van der Waals surface area contributed by atoms with Crippen molar-refractivity contribution in [3.8, 4) is 5.75 Å². The molecule has 2 aliphatic heterocycles. The number of amides is 3. The largest absolute Gasteiger partial charge is 0.496 e. The van der Waals surface area contributed by atoms with E-state index in [1.807, 2.05) is 35.4 Å². The summed E-state index contributed by atoms with van der Waals surface area (Å²) in [5, 5.41) is 10.6. The van der Waals surface area contributed by atoms with Crippen molar-refractivity contribution in [1.29, 1.82) is 0 Å². The summed E-state index contributed by atoms with van der Waals surface area (Å²) < 4.78 is 53.8. The summed E-state index contributed by atoms with van der Waals surface area (Å²) in [5.41, 5.74) is 9.56. The van der Waals surface area contributed by atoms with Crippen LogP contribution >= 0.6 is 0 Å². The van der Waals surface area contributed by atoms with E-state index >= 15 is 0 Å². The van der Waals surface area contributed by atoms with Gasteiger partial charge in [-0.2, -0.15) is 18.2 Å². The number of carboxylic acid groups (broad SMARTS) is 1. The van der Waals surface area contributed by atoms with Gasteiger partial charge in [0, 0.05) is 69.6 Å². The molecule has 2 aromatic heterocycles. The van der Waals surface area contributed by atoms with Gasteiger partial charge in [0.05, 0.1) is 25.2 Å². The normalized spacial score (nSPS) is 16.3. The van der Waals surface area contributed by atoms with Crippen molar-refractivity contribution in [3.63, 3.8) is 0 Å². The molecule has 0 bridgehead atoms. The van der Waals surface area contributed by atoms with Gasteiger partial charge in [-0.05, 0) is 24.1 Å². The summed E-state index contributed by atoms with van der Waals surface area (Å²) in [5.74, 6) is -2.13. The number of halogens is 4. The third-order valence-corrected chi connectivity index (χ3v) is 8.61. The third kappa shape index (κ3) is 10.2. The summed E-state index contributed by atoms with van der Waals surface area (Å²) in [7, 11) is 1.63. The molecule has 14 nitrogen and oxygen atoms in total. The van der Waals surface area contributed by atoms with Gasteiger partial charge in [-0.25, -0.2) is 14.2 Å². The van der Waals surface area contributed by atoms with Crippen LogP contribution in [0.2, 0.25) is 0 Å². The monoisotopic (exact) mass is 734 g/mol. The third-order valence-electron chi connectivity index (χ3n) is 8.61. The average Bonchev–Trinajstić information content (AvgIpc) is 3.66. The summed E-state index contributed by atoms with van der Waals surface area (Å²) >= 11 is 0. The van der Waals surface area contributed by atoms with Gasteiger partial charge in [0.2, 0.25) is 11.9 Å². The molecule has 3 amide bonds. The number of alkyl halides is 4. The number of fused-ring (bicyclic) bond motifs is 1. The molecule has 0 saturated carbocycles. The molecule has 1 aromatic carbocycles. The van der Waals surface area contributed by atoms with Crippen molar-refractivity contribution in [3.05, 3.63) is 53.7 Å². The number of carboxylic acids is 1. The molecule has 1 atom stereocenters. The van der Waals surface area contributed by atoms with Crippen molar-refractivity contribution >= 4 is 46.5 Å². The summed E-state index contributed by atoms with van der Waals surface area (Å²) in [6.45, 7) is 4.59. The number of nitrogens with one attached hydrogen (secondary N) is 1. The van der Waals surface area contributed by atoms with Crippen LogP contribution in [0.15, 0.2) is 42.6 Å². The smallest absolute Gasteiger partial charge is 0.490 e. The minimum atomic E-state index is -5.08. The summed E-state index contributed by atoms with van der Waals surface area (Å²) in [6, 6.07) is 7.48. The molecule has 1 fully saturated rings. The van der Waals surface area contributed by atoms with Crippen molar-refractivity contribution in [2.45, 2.75) is 57.9 Å². The number of ether oxygens (including phenoxy) is 1. The first kappa shape index (κ1) is 39.5. The number of aromatic nitrogens is 3. The second-order valence-corrected chi connectivity index (χ2v) is 12.2. The second-order valence-electron chi connectivity index (χ2n) is 12.2. The van der Waals surface area contributed by atoms with E-state index in [9.17, 15) is 31.9 Å². The van der Waals surface area contributed by atoms with Gasteiger partial charge in [0.15, 0.2) is 5.82 Å². The zero-order valence-corrected chi connectivity index (χ0v) is 28.9. The van der Waals surface area contributed by atoms with E-state index in [1.54, 1.807) is 12.0 Å². The molecule has 0 spiro atoms. The van der Waals surface area contributed by atoms with Crippen molar-refractivity contribution in [1.82, 2.24) is 29.2 Å². The minimum Gasteiger partial charge on any atom is -0.496 e. The number of benzene rings is 1. The highest BCUT2D eigenvalue weighted by molar-refractivity contribution is 6.13. The van der Waals surface area contributed by atoms with E-state index in [1.165, 1.54) is 12.2 Å². The number of carbonyl (C=O) groups is 4. The first-order valence-corrected chi connectivity index (χ1v) is 16.7. The zero-order valence-electron chi connectivity index (χ0n) is 28.9. The molecular formula is C34H42F4N8O6. The van der Waals surface area contributed by atoms with Crippen LogP contribution in [-0.4, -0.2) is 117 Å². The molecule has 18 heteroatoms. The van der Waals surface area contributed by atoms with Crippen LogP contribution in [0.5, 0.6) is 5.75 Å². The maximum atomic E-state index is 14.2. The predicted molar refractivity (Wildman–Crippen MR) is 183 cm³/mol. The molecular weight excluding hydrogens is 692 g/mol. The molecule has 3 aromatic rings. The molecule has 5 rings (SSSR count). The van der Waals surface area contributed by atoms with Gasteiger partial charge >= 0.3 is 12.1 Å². The highest BCUT2D eigenvalue weighted by atomic mass is 19.4. The van der Waals surface area contributed by atoms with Crippen LogP contribution in [0.4, 0.5) is 29.3 Å². The number of methoxy groups -OCH3 is 1. The predicted octanol–water partition coefficient (Wildman–Crippen LogP) is 3.60. The lowest BCUT2D eigenvalue weighted by molar-refractivity contribution is -0.192. The Labute approximate surface area is 297 Å². The molecule has 0 aliphatic carbocycles. The lowest BCUT2D eigenvalue weighted by Crippen LogP contribution is -2.55. The number of carbonyl (C=O) groups excluding carboxylic acids is 3. The molecule has 0 unspecified atom stereocenters. The average molecular weight is 735 g/mol. The Hall–Kier alpha value is -5.26. The van der Waals surface area contributed by atoms with Gasteiger partial charge in [-0.1, -0.05) is 31.9 Å². The lowest BCUT2D eigenvalue weighted by Gasteiger charge is -2.40. The minimum absolute atomic E-state index is 0.0173. The molecule has 2 aliphatic rings. The number of nitrogens with two attached hydrogens (primary N) is 1. The van der Waals surface area contributed by atoms with E-state index in [0.29, 0.717) is 37.7 Å².